The Balaban J connectivity index is 2.19. The van der Waals surface area contributed by atoms with Crippen molar-refractivity contribution in [1.82, 2.24) is 0 Å². The van der Waals surface area contributed by atoms with Crippen molar-refractivity contribution in [3.05, 3.63) is 59.2 Å². The summed E-state index contributed by atoms with van der Waals surface area (Å²) in [5, 5.41) is 0. The molecule has 21 heavy (non-hydrogen) atoms. The molecule has 2 nitrogen and oxygen atoms in total. The highest BCUT2D eigenvalue weighted by atomic mass is 16.5. The maximum absolute atomic E-state index is 11.6. The number of carbonyl (C=O) groups excluding carboxylic acids is 1. The van der Waals surface area contributed by atoms with Crippen molar-refractivity contribution >= 4 is 5.97 Å². The van der Waals surface area contributed by atoms with Crippen LogP contribution in [0.4, 0.5) is 0 Å². The molecular formula is C19H26O2. The van der Waals surface area contributed by atoms with Gasteiger partial charge in [0, 0.05) is 6.42 Å². The highest BCUT2D eigenvalue weighted by molar-refractivity contribution is 5.69. The molecule has 0 aliphatic rings. The van der Waals surface area contributed by atoms with Gasteiger partial charge in [0.2, 0.25) is 0 Å². The molecule has 0 radical (unpaired) electrons. The molecule has 2 heteroatoms. The number of esters is 1. The van der Waals surface area contributed by atoms with Gasteiger partial charge in [0.1, 0.15) is 6.61 Å². The van der Waals surface area contributed by atoms with Crippen LogP contribution < -0.4 is 0 Å². The van der Waals surface area contributed by atoms with Gasteiger partial charge in [-0.15, -0.1) is 0 Å². The predicted molar refractivity (Wildman–Crippen MR) is 88.1 cm³/mol. The fourth-order valence-electron chi connectivity index (χ4n) is 1.93. The number of rotatable bonds is 8. The van der Waals surface area contributed by atoms with Crippen LogP contribution in [-0.2, 0) is 16.0 Å². The van der Waals surface area contributed by atoms with Crippen molar-refractivity contribution in [2.75, 3.05) is 6.61 Å². The van der Waals surface area contributed by atoms with Crippen molar-refractivity contribution in [3.63, 3.8) is 0 Å². The van der Waals surface area contributed by atoms with Crippen LogP contribution >= 0.6 is 0 Å². The first-order valence-electron chi connectivity index (χ1n) is 7.56. The van der Waals surface area contributed by atoms with Crippen LogP contribution in [0.5, 0.6) is 0 Å². The first-order chi connectivity index (χ1) is 10.1. The molecule has 0 aliphatic heterocycles. The van der Waals surface area contributed by atoms with E-state index in [1.165, 1.54) is 16.7 Å². The summed E-state index contributed by atoms with van der Waals surface area (Å²) in [4.78, 5) is 11.6. The van der Waals surface area contributed by atoms with Crippen LogP contribution in [0.25, 0.3) is 0 Å². The van der Waals surface area contributed by atoms with Crippen molar-refractivity contribution in [1.29, 1.82) is 0 Å². The van der Waals surface area contributed by atoms with E-state index in [9.17, 15) is 4.79 Å². The van der Waals surface area contributed by atoms with E-state index in [1.54, 1.807) is 0 Å². The second-order valence-corrected chi connectivity index (χ2v) is 5.54. The Hall–Kier alpha value is -1.83. The molecule has 0 heterocycles. The molecule has 0 atom stereocenters. The lowest BCUT2D eigenvalue weighted by Crippen LogP contribution is -2.06. The molecule has 1 aromatic rings. The lowest BCUT2D eigenvalue weighted by atomic mass is 10.1. The summed E-state index contributed by atoms with van der Waals surface area (Å²) < 4.78 is 5.23. The Bertz CT molecular complexity index is 480. The Kier molecular flexibility index (Phi) is 8.18. The summed E-state index contributed by atoms with van der Waals surface area (Å²) >= 11 is 0. The summed E-state index contributed by atoms with van der Waals surface area (Å²) in [6.45, 7) is 6.67. The van der Waals surface area contributed by atoms with Gasteiger partial charge < -0.3 is 4.74 Å². The number of aryl methyl sites for hydroxylation is 1. The summed E-state index contributed by atoms with van der Waals surface area (Å²) in [6, 6.07) is 10.0. The van der Waals surface area contributed by atoms with Crippen LogP contribution in [0.1, 0.15) is 45.6 Å². The van der Waals surface area contributed by atoms with Gasteiger partial charge in [0.15, 0.2) is 0 Å². The SMILES string of the molecule is CC(C)=CCC/C(C)=C/COC(=O)CCc1ccccc1. The summed E-state index contributed by atoms with van der Waals surface area (Å²) in [6.07, 6.45) is 7.47. The van der Waals surface area contributed by atoms with Gasteiger partial charge in [-0.25, -0.2) is 0 Å². The zero-order chi connectivity index (χ0) is 15.5. The predicted octanol–water partition coefficient (Wildman–Crippen LogP) is 4.86. The molecule has 0 aromatic heterocycles. The zero-order valence-corrected chi connectivity index (χ0v) is 13.4. The van der Waals surface area contributed by atoms with E-state index < -0.39 is 0 Å². The minimum absolute atomic E-state index is 0.132. The van der Waals surface area contributed by atoms with Crippen molar-refractivity contribution in [2.45, 2.75) is 46.5 Å². The fraction of sp³-hybridized carbons (Fsp3) is 0.421. The Morgan fingerprint density at radius 3 is 2.43 bits per heavy atom. The van der Waals surface area contributed by atoms with E-state index in [1.807, 2.05) is 36.4 Å². The molecule has 0 bridgehead atoms. The quantitative estimate of drug-likeness (QED) is 0.504. The van der Waals surface area contributed by atoms with Gasteiger partial charge in [-0.1, -0.05) is 47.6 Å². The van der Waals surface area contributed by atoms with Crippen molar-refractivity contribution < 1.29 is 9.53 Å². The maximum Gasteiger partial charge on any atom is 0.306 e. The lowest BCUT2D eigenvalue weighted by Gasteiger charge is -2.04. The Labute approximate surface area is 128 Å². The van der Waals surface area contributed by atoms with E-state index in [0.29, 0.717) is 13.0 Å². The standard InChI is InChI=1S/C19H26O2/c1-16(2)8-7-9-17(3)14-15-21-19(20)13-12-18-10-5-4-6-11-18/h4-6,8,10-11,14H,7,9,12-13,15H2,1-3H3/b17-14+. The molecule has 0 N–H and O–H groups in total. The number of benzene rings is 1. The van der Waals surface area contributed by atoms with Crippen LogP contribution in [0.3, 0.4) is 0 Å². The molecule has 0 unspecified atom stereocenters. The normalized spacial score (nSPS) is 11.1. The number of hydrogen-bond donors (Lipinski definition) is 0. The average Bonchev–Trinajstić information content (AvgIpc) is 2.46. The molecule has 1 rings (SSSR count). The molecule has 0 saturated carbocycles. The third-order valence-corrected chi connectivity index (χ3v) is 3.23. The van der Waals surface area contributed by atoms with Gasteiger partial charge in [0.25, 0.3) is 0 Å². The van der Waals surface area contributed by atoms with E-state index in [2.05, 4.69) is 26.8 Å². The Morgan fingerprint density at radius 1 is 1.05 bits per heavy atom. The molecule has 0 amide bonds. The smallest absolute Gasteiger partial charge is 0.306 e. The number of hydrogen-bond acceptors (Lipinski definition) is 2. The molecule has 0 saturated heterocycles. The maximum atomic E-state index is 11.6. The number of ether oxygens (including phenoxy) is 1. The molecular weight excluding hydrogens is 260 g/mol. The monoisotopic (exact) mass is 286 g/mol. The van der Waals surface area contributed by atoms with E-state index in [-0.39, 0.29) is 5.97 Å². The number of allylic oxidation sites excluding steroid dienone is 3. The van der Waals surface area contributed by atoms with Gasteiger partial charge in [-0.05, 0) is 51.7 Å². The van der Waals surface area contributed by atoms with Crippen molar-refractivity contribution in [3.8, 4) is 0 Å². The van der Waals surface area contributed by atoms with E-state index >= 15 is 0 Å². The third-order valence-electron chi connectivity index (χ3n) is 3.23. The molecule has 0 fully saturated rings. The van der Waals surface area contributed by atoms with Crippen molar-refractivity contribution in [2.24, 2.45) is 0 Å². The first kappa shape index (κ1) is 17.2. The minimum atomic E-state index is -0.132. The van der Waals surface area contributed by atoms with Crippen LogP contribution in [0.2, 0.25) is 0 Å². The van der Waals surface area contributed by atoms with Gasteiger partial charge >= 0.3 is 5.97 Å². The molecule has 0 spiro atoms. The molecule has 0 aliphatic carbocycles. The Morgan fingerprint density at radius 2 is 1.76 bits per heavy atom. The van der Waals surface area contributed by atoms with Crippen LogP contribution in [-0.4, -0.2) is 12.6 Å². The minimum Gasteiger partial charge on any atom is -0.461 e. The molecule has 114 valence electrons. The topological polar surface area (TPSA) is 26.3 Å². The van der Waals surface area contributed by atoms with Crippen LogP contribution in [0, 0.1) is 0 Å². The van der Waals surface area contributed by atoms with E-state index in [4.69, 9.17) is 4.74 Å². The highest BCUT2D eigenvalue weighted by Crippen LogP contribution is 2.07. The second kappa shape index (κ2) is 9.98. The van der Waals surface area contributed by atoms with Gasteiger partial charge in [-0.2, -0.15) is 0 Å². The fourth-order valence-corrected chi connectivity index (χ4v) is 1.93. The highest BCUT2D eigenvalue weighted by Gasteiger charge is 2.02. The summed E-state index contributed by atoms with van der Waals surface area (Å²) in [5.41, 5.74) is 3.78. The first-order valence-corrected chi connectivity index (χ1v) is 7.56. The second-order valence-electron chi connectivity index (χ2n) is 5.54. The van der Waals surface area contributed by atoms with Gasteiger partial charge in [-0.3, -0.25) is 4.79 Å². The zero-order valence-electron chi connectivity index (χ0n) is 13.4. The van der Waals surface area contributed by atoms with Gasteiger partial charge in [0.05, 0.1) is 0 Å². The summed E-state index contributed by atoms with van der Waals surface area (Å²) in [7, 11) is 0. The van der Waals surface area contributed by atoms with Crippen LogP contribution in [0.15, 0.2) is 53.6 Å². The van der Waals surface area contributed by atoms with E-state index in [0.717, 1.165) is 19.3 Å². The average molecular weight is 286 g/mol. The largest absolute Gasteiger partial charge is 0.461 e. The lowest BCUT2D eigenvalue weighted by molar-refractivity contribution is -0.142. The summed E-state index contributed by atoms with van der Waals surface area (Å²) in [5.74, 6) is -0.132. The number of carbonyl (C=O) groups is 1. The third kappa shape index (κ3) is 8.85. The molecule has 1 aromatic carbocycles.